The van der Waals surface area contributed by atoms with E-state index in [9.17, 15) is 18.8 Å². The number of halogens is 1. The molecular weight excluding hydrogens is 434 g/mol. The van der Waals surface area contributed by atoms with Crippen molar-refractivity contribution in [2.45, 2.75) is 11.8 Å². The smallest absolute Gasteiger partial charge is 0.691 e. The Kier molecular flexibility index (Phi) is 10.0. The van der Waals surface area contributed by atoms with Gasteiger partial charge in [0, 0.05) is 9.32 Å². The number of alkyl halides is 1. The molecule has 1 N–H and O–H groups in total. The summed E-state index contributed by atoms with van der Waals surface area (Å²) in [5, 5.41) is 22.6. The molecule has 0 aliphatic rings. The first-order valence-corrected chi connectivity index (χ1v) is 8.69. The van der Waals surface area contributed by atoms with E-state index in [1.54, 1.807) is 6.92 Å². The summed E-state index contributed by atoms with van der Waals surface area (Å²) in [6.45, 7) is 1.55. The number of benzene rings is 1. The molecule has 20 heavy (non-hydrogen) atoms. The Bertz CT molecular complexity index is 514. The maximum absolute atomic E-state index is 11.5. The number of aromatic hydroxyl groups is 1. The van der Waals surface area contributed by atoms with Crippen molar-refractivity contribution in [1.82, 2.24) is 0 Å². The Morgan fingerprint density at radius 1 is 1.45 bits per heavy atom. The number of hydrogen-bond acceptors (Lipinski definition) is 8. The maximum atomic E-state index is 11.5. The summed E-state index contributed by atoms with van der Waals surface area (Å²) in [7, 11) is -3.74. The third-order valence-electron chi connectivity index (χ3n) is 1.92. The second-order valence-electron chi connectivity index (χ2n) is 3.34. The molecule has 1 aromatic carbocycles. The molecular formula is C9H10INaO7S2. The summed E-state index contributed by atoms with van der Waals surface area (Å²) in [4.78, 5) is 0.365. The van der Waals surface area contributed by atoms with E-state index >= 15 is 0 Å². The molecule has 0 bridgehead atoms. The standard InChI is InChI=1S/C9H11IO7S2.Na/c1-6-4-7(18-17-16-12)5-8(11)9(6)15-19(13,14)3-2-10;/h4-5,11-12H,2-3H2,1H3;/q;+1/p-1. The number of aryl methyl sites for hydroxylation is 1. The Morgan fingerprint density at radius 2 is 2.10 bits per heavy atom. The van der Waals surface area contributed by atoms with Gasteiger partial charge in [0.2, 0.25) is 0 Å². The average Bonchev–Trinajstić information content (AvgIpc) is 2.31. The molecule has 0 aliphatic carbocycles. The van der Waals surface area contributed by atoms with Gasteiger partial charge in [0.25, 0.3) is 0 Å². The minimum absolute atomic E-state index is 0. The van der Waals surface area contributed by atoms with E-state index in [-0.39, 0.29) is 46.8 Å². The molecule has 1 aromatic rings. The summed E-state index contributed by atoms with van der Waals surface area (Å²) in [5.41, 5.74) is 0.383. The van der Waals surface area contributed by atoms with E-state index in [0.717, 1.165) is 0 Å². The Hall–Kier alpha value is 0.730. The predicted octanol–water partition coefficient (Wildman–Crippen LogP) is -1.92. The summed E-state index contributed by atoms with van der Waals surface area (Å²) in [6, 6.07) is 2.68. The van der Waals surface area contributed by atoms with E-state index < -0.39 is 10.1 Å². The third-order valence-corrected chi connectivity index (χ3v) is 4.87. The van der Waals surface area contributed by atoms with Gasteiger partial charge in [0.15, 0.2) is 11.5 Å². The van der Waals surface area contributed by atoms with Crippen molar-refractivity contribution in [2.24, 2.45) is 0 Å². The van der Waals surface area contributed by atoms with Gasteiger partial charge in [-0.15, -0.1) is 0 Å². The largest absolute Gasteiger partial charge is 1.00 e. The fraction of sp³-hybridized carbons (Fsp3) is 0.333. The summed E-state index contributed by atoms with van der Waals surface area (Å²) < 4.78 is 32.4. The molecule has 0 fully saturated rings. The van der Waals surface area contributed by atoms with Crippen molar-refractivity contribution in [3.8, 4) is 11.5 Å². The first-order chi connectivity index (χ1) is 8.89. The summed E-state index contributed by atoms with van der Waals surface area (Å²) >= 11 is 2.49. The van der Waals surface area contributed by atoms with Crippen molar-refractivity contribution >= 4 is 44.8 Å². The van der Waals surface area contributed by atoms with Crippen LogP contribution in [0.15, 0.2) is 17.0 Å². The number of phenols is 1. The van der Waals surface area contributed by atoms with Gasteiger partial charge >= 0.3 is 39.7 Å². The quantitative estimate of drug-likeness (QED) is 0.0988. The van der Waals surface area contributed by atoms with Crippen LogP contribution in [0, 0.1) is 6.92 Å². The SMILES string of the molecule is Cc1cc(SOO[O-])cc(O)c1OS(=O)(=O)CCI.[Na+]. The van der Waals surface area contributed by atoms with Crippen LogP contribution in [0.2, 0.25) is 0 Å². The van der Waals surface area contributed by atoms with Crippen LogP contribution in [0.25, 0.3) is 0 Å². The molecule has 0 atom stereocenters. The summed E-state index contributed by atoms with van der Waals surface area (Å²) in [5.74, 6) is -0.665. The van der Waals surface area contributed by atoms with Crippen LogP contribution >= 0.6 is 34.6 Å². The van der Waals surface area contributed by atoms with Gasteiger partial charge < -0.3 is 14.5 Å². The van der Waals surface area contributed by atoms with E-state index in [0.29, 0.717) is 26.9 Å². The zero-order valence-electron chi connectivity index (χ0n) is 10.7. The van der Waals surface area contributed by atoms with Gasteiger partial charge in [0.05, 0.1) is 17.8 Å². The zero-order chi connectivity index (χ0) is 14.5. The molecule has 0 unspecified atom stereocenters. The molecule has 0 spiro atoms. The molecule has 108 valence electrons. The fourth-order valence-corrected chi connectivity index (χ4v) is 4.05. The van der Waals surface area contributed by atoms with Crippen LogP contribution in [0.5, 0.6) is 11.5 Å². The average molecular weight is 444 g/mol. The molecule has 0 saturated carbocycles. The molecule has 0 amide bonds. The zero-order valence-corrected chi connectivity index (χ0v) is 16.5. The topological polar surface area (TPSA) is 105 Å². The van der Waals surface area contributed by atoms with Crippen molar-refractivity contribution in [2.75, 3.05) is 10.2 Å². The minimum atomic E-state index is -3.74. The molecule has 0 heterocycles. The molecule has 11 heteroatoms. The van der Waals surface area contributed by atoms with Crippen LogP contribution < -0.4 is 39.0 Å². The predicted molar refractivity (Wildman–Crippen MR) is 74.2 cm³/mol. The van der Waals surface area contributed by atoms with E-state index in [1.165, 1.54) is 12.1 Å². The van der Waals surface area contributed by atoms with Crippen molar-refractivity contribution in [3.63, 3.8) is 0 Å². The summed E-state index contributed by atoms with van der Waals surface area (Å²) in [6.07, 6.45) is 0. The molecule has 0 radical (unpaired) electrons. The second kappa shape index (κ2) is 9.69. The molecule has 0 saturated heterocycles. The fourth-order valence-electron chi connectivity index (χ4n) is 1.20. The van der Waals surface area contributed by atoms with Gasteiger partial charge in [-0.25, -0.2) is 0 Å². The third kappa shape index (κ3) is 6.66. The molecule has 0 aromatic heterocycles. The van der Waals surface area contributed by atoms with Crippen LogP contribution in [0.4, 0.5) is 0 Å². The van der Waals surface area contributed by atoms with E-state index in [4.69, 9.17) is 4.18 Å². The van der Waals surface area contributed by atoms with Crippen molar-refractivity contribution < 1.29 is 61.9 Å². The van der Waals surface area contributed by atoms with Crippen LogP contribution in [0.3, 0.4) is 0 Å². The van der Waals surface area contributed by atoms with Crippen molar-refractivity contribution in [3.05, 3.63) is 17.7 Å². The maximum Gasteiger partial charge on any atom is 1.00 e. The molecule has 1 rings (SSSR count). The minimum Gasteiger partial charge on any atom is -0.691 e. The Balaban J connectivity index is 0.00000361. The van der Waals surface area contributed by atoms with Gasteiger partial charge in [-0.2, -0.15) is 12.8 Å². The number of phenolic OH excluding ortho intramolecular Hbond substituents is 1. The number of hydrogen-bond donors (Lipinski definition) is 1. The first-order valence-electron chi connectivity index (χ1n) is 4.84. The van der Waals surface area contributed by atoms with Crippen molar-refractivity contribution in [1.29, 1.82) is 0 Å². The first kappa shape index (κ1) is 20.7. The Morgan fingerprint density at radius 3 is 2.60 bits per heavy atom. The second-order valence-corrected chi connectivity index (χ2v) is 6.89. The van der Waals surface area contributed by atoms with E-state index in [1.807, 2.05) is 22.6 Å². The van der Waals surface area contributed by atoms with E-state index in [2.05, 4.69) is 9.37 Å². The van der Waals surface area contributed by atoms with Crippen LogP contribution in [-0.2, 0) is 19.5 Å². The molecule has 0 aliphatic heterocycles. The number of rotatable bonds is 7. The monoisotopic (exact) mass is 444 g/mol. The van der Waals surface area contributed by atoms with Crippen LogP contribution in [0.1, 0.15) is 5.56 Å². The molecule has 7 nitrogen and oxygen atoms in total. The van der Waals surface area contributed by atoms with Gasteiger partial charge in [-0.05, 0) is 24.6 Å². The van der Waals surface area contributed by atoms with Gasteiger partial charge in [-0.1, -0.05) is 22.6 Å². The van der Waals surface area contributed by atoms with Crippen LogP contribution in [-0.4, -0.2) is 23.7 Å². The Labute approximate surface area is 156 Å². The van der Waals surface area contributed by atoms with Gasteiger partial charge in [-0.3, -0.25) is 5.04 Å². The normalized spacial score (nSPS) is 10.9. The van der Waals surface area contributed by atoms with Gasteiger partial charge in [0.1, 0.15) is 0 Å².